The third-order valence-corrected chi connectivity index (χ3v) is 3.06. The minimum atomic E-state index is 0.433. The second-order valence-corrected chi connectivity index (χ2v) is 4.56. The van der Waals surface area contributed by atoms with Crippen LogP contribution < -0.4 is 15.2 Å². The zero-order chi connectivity index (χ0) is 14.5. The maximum Gasteiger partial charge on any atom is 0.161 e. The molecule has 1 aromatic heterocycles. The molecule has 1 aromatic carbocycles. The van der Waals surface area contributed by atoms with Crippen LogP contribution in [0.4, 0.5) is 0 Å². The summed E-state index contributed by atoms with van der Waals surface area (Å²) in [6.45, 7) is 3.19. The molecule has 0 amide bonds. The highest BCUT2D eigenvalue weighted by atomic mass is 16.5. The number of benzene rings is 1. The molecule has 1 heterocycles. The summed E-state index contributed by atoms with van der Waals surface area (Å²) in [7, 11) is 3.55. The average molecular weight is 275 g/mol. The van der Waals surface area contributed by atoms with E-state index in [1.807, 2.05) is 36.0 Å². The molecule has 20 heavy (non-hydrogen) atoms. The first-order valence-electron chi connectivity index (χ1n) is 6.73. The molecule has 108 valence electrons. The minimum Gasteiger partial charge on any atom is -0.493 e. The molecule has 5 nitrogen and oxygen atoms in total. The van der Waals surface area contributed by atoms with Gasteiger partial charge < -0.3 is 15.2 Å². The Hall–Kier alpha value is -2.01. The number of aromatic nitrogens is 2. The Labute approximate surface area is 119 Å². The van der Waals surface area contributed by atoms with Gasteiger partial charge in [0.15, 0.2) is 11.5 Å². The Kier molecular flexibility index (Phi) is 4.63. The molecule has 0 fully saturated rings. The second kappa shape index (κ2) is 6.43. The molecule has 0 saturated carbocycles. The van der Waals surface area contributed by atoms with Gasteiger partial charge in [-0.2, -0.15) is 5.10 Å². The van der Waals surface area contributed by atoms with E-state index in [0.717, 1.165) is 34.9 Å². The first kappa shape index (κ1) is 14.4. The Balaban J connectivity index is 2.35. The minimum absolute atomic E-state index is 0.433. The van der Waals surface area contributed by atoms with Crippen LogP contribution in [0.15, 0.2) is 24.3 Å². The number of nitrogens with zero attached hydrogens (tertiary/aromatic N) is 2. The summed E-state index contributed by atoms with van der Waals surface area (Å²) in [5.74, 6) is 1.49. The van der Waals surface area contributed by atoms with Gasteiger partial charge in [-0.25, -0.2) is 0 Å². The van der Waals surface area contributed by atoms with E-state index in [-0.39, 0.29) is 0 Å². The van der Waals surface area contributed by atoms with Gasteiger partial charge in [0.2, 0.25) is 0 Å². The third-order valence-electron chi connectivity index (χ3n) is 3.06. The quantitative estimate of drug-likeness (QED) is 0.879. The molecule has 0 bridgehead atoms. The van der Waals surface area contributed by atoms with Crippen LogP contribution in [0.5, 0.6) is 11.5 Å². The summed E-state index contributed by atoms with van der Waals surface area (Å²) in [6.07, 6.45) is 0.965. The van der Waals surface area contributed by atoms with E-state index in [1.54, 1.807) is 7.11 Å². The molecule has 2 rings (SSSR count). The monoisotopic (exact) mass is 275 g/mol. The lowest BCUT2D eigenvalue weighted by Crippen LogP contribution is -1.99. The first-order chi connectivity index (χ1) is 9.69. The van der Waals surface area contributed by atoms with Gasteiger partial charge >= 0.3 is 0 Å². The Bertz CT molecular complexity index is 578. The lowest BCUT2D eigenvalue weighted by Gasteiger charge is -2.11. The van der Waals surface area contributed by atoms with Crippen molar-refractivity contribution in [3.63, 3.8) is 0 Å². The zero-order valence-electron chi connectivity index (χ0n) is 12.2. The standard InChI is InChI=1S/C15H21N3O2/c1-4-7-20-14-6-5-11(8-15(14)19-3)13-9-12(10-16)17-18(13)2/h5-6,8-9H,4,7,10,16H2,1-3H3. The molecular formula is C15H21N3O2. The Morgan fingerprint density at radius 1 is 1.25 bits per heavy atom. The van der Waals surface area contributed by atoms with Crippen LogP contribution in [0.25, 0.3) is 11.3 Å². The van der Waals surface area contributed by atoms with Gasteiger partial charge in [-0.05, 0) is 30.7 Å². The fraction of sp³-hybridized carbons (Fsp3) is 0.400. The number of hydrogen-bond donors (Lipinski definition) is 1. The number of rotatable bonds is 6. The molecule has 0 spiro atoms. The van der Waals surface area contributed by atoms with E-state index in [2.05, 4.69) is 12.0 Å². The van der Waals surface area contributed by atoms with Gasteiger partial charge in [0.05, 0.1) is 25.1 Å². The molecule has 2 aromatic rings. The zero-order valence-corrected chi connectivity index (χ0v) is 12.2. The van der Waals surface area contributed by atoms with Crippen molar-refractivity contribution in [3.05, 3.63) is 30.0 Å². The summed E-state index contributed by atoms with van der Waals surface area (Å²) in [6, 6.07) is 7.88. The van der Waals surface area contributed by atoms with Crippen molar-refractivity contribution in [1.82, 2.24) is 9.78 Å². The van der Waals surface area contributed by atoms with E-state index in [4.69, 9.17) is 15.2 Å². The molecule has 0 aliphatic heterocycles. The molecule has 0 radical (unpaired) electrons. The topological polar surface area (TPSA) is 62.3 Å². The highest BCUT2D eigenvalue weighted by molar-refractivity contribution is 5.64. The summed E-state index contributed by atoms with van der Waals surface area (Å²) in [4.78, 5) is 0. The van der Waals surface area contributed by atoms with Gasteiger partial charge in [-0.3, -0.25) is 4.68 Å². The van der Waals surface area contributed by atoms with Crippen molar-refractivity contribution in [2.24, 2.45) is 12.8 Å². The molecular weight excluding hydrogens is 254 g/mol. The first-order valence-corrected chi connectivity index (χ1v) is 6.73. The lowest BCUT2D eigenvalue weighted by molar-refractivity contribution is 0.294. The smallest absolute Gasteiger partial charge is 0.161 e. The number of ether oxygens (including phenoxy) is 2. The van der Waals surface area contributed by atoms with Crippen LogP contribution >= 0.6 is 0 Å². The largest absolute Gasteiger partial charge is 0.493 e. The Morgan fingerprint density at radius 2 is 2.05 bits per heavy atom. The van der Waals surface area contributed by atoms with E-state index in [1.165, 1.54) is 0 Å². The predicted molar refractivity (Wildman–Crippen MR) is 78.9 cm³/mol. The van der Waals surface area contributed by atoms with Crippen molar-refractivity contribution >= 4 is 0 Å². The molecule has 0 unspecified atom stereocenters. The number of nitrogens with two attached hydrogens (primary N) is 1. The highest BCUT2D eigenvalue weighted by Gasteiger charge is 2.11. The van der Waals surface area contributed by atoms with Gasteiger partial charge in [0.1, 0.15) is 0 Å². The Morgan fingerprint density at radius 3 is 2.65 bits per heavy atom. The van der Waals surface area contributed by atoms with Gasteiger partial charge in [0.25, 0.3) is 0 Å². The van der Waals surface area contributed by atoms with Crippen LogP contribution in [-0.2, 0) is 13.6 Å². The van der Waals surface area contributed by atoms with Crippen molar-refractivity contribution in [1.29, 1.82) is 0 Å². The molecule has 0 saturated heterocycles. The van der Waals surface area contributed by atoms with Gasteiger partial charge in [-0.15, -0.1) is 0 Å². The van der Waals surface area contributed by atoms with Crippen LogP contribution in [0.1, 0.15) is 19.0 Å². The summed E-state index contributed by atoms with van der Waals surface area (Å²) >= 11 is 0. The fourth-order valence-electron chi connectivity index (χ4n) is 2.05. The fourth-order valence-corrected chi connectivity index (χ4v) is 2.05. The SMILES string of the molecule is CCCOc1ccc(-c2cc(CN)nn2C)cc1OC. The molecule has 0 atom stereocenters. The molecule has 5 heteroatoms. The third kappa shape index (κ3) is 2.93. The number of methoxy groups -OCH3 is 1. The van der Waals surface area contributed by atoms with E-state index < -0.39 is 0 Å². The van der Waals surface area contributed by atoms with E-state index >= 15 is 0 Å². The van der Waals surface area contributed by atoms with Crippen molar-refractivity contribution in [2.45, 2.75) is 19.9 Å². The van der Waals surface area contributed by atoms with Gasteiger partial charge in [-0.1, -0.05) is 6.92 Å². The van der Waals surface area contributed by atoms with Crippen LogP contribution in [0.3, 0.4) is 0 Å². The number of aryl methyl sites for hydroxylation is 1. The predicted octanol–water partition coefficient (Wildman–Crippen LogP) is 2.34. The maximum absolute atomic E-state index is 5.66. The van der Waals surface area contributed by atoms with E-state index in [9.17, 15) is 0 Å². The molecule has 2 N–H and O–H groups in total. The highest BCUT2D eigenvalue weighted by Crippen LogP contribution is 2.32. The van der Waals surface area contributed by atoms with Crippen molar-refractivity contribution in [2.75, 3.05) is 13.7 Å². The van der Waals surface area contributed by atoms with Crippen molar-refractivity contribution < 1.29 is 9.47 Å². The molecule has 0 aliphatic carbocycles. The van der Waals surface area contributed by atoms with Crippen LogP contribution in [0.2, 0.25) is 0 Å². The summed E-state index contributed by atoms with van der Waals surface area (Å²) in [5, 5.41) is 4.35. The summed E-state index contributed by atoms with van der Waals surface area (Å²) < 4.78 is 12.9. The van der Waals surface area contributed by atoms with Gasteiger partial charge in [0, 0.05) is 19.2 Å². The lowest BCUT2D eigenvalue weighted by atomic mass is 10.1. The average Bonchev–Trinajstić information content (AvgIpc) is 2.86. The molecule has 0 aliphatic rings. The van der Waals surface area contributed by atoms with Crippen LogP contribution in [0, 0.1) is 0 Å². The normalized spacial score (nSPS) is 10.6. The maximum atomic E-state index is 5.66. The summed E-state index contributed by atoms with van der Waals surface area (Å²) in [5.41, 5.74) is 8.53. The van der Waals surface area contributed by atoms with Crippen LogP contribution in [-0.4, -0.2) is 23.5 Å². The number of hydrogen-bond acceptors (Lipinski definition) is 4. The van der Waals surface area contributed by atoms with E-state index in [0.29, 0.717) is 13.2 Å². The van der Waals surface area contributed by atoms with Crippen molar-refractivity contribution in [3.8, 4) is 22.8 Å². The second-order valence-electron chi connectivity index (χ2n) is 4.56.